The lowest BCUT2D eigenvalue weighted by molar-refractivity contribution is -0.384. The zero-order chi connectivity index (χ0) is 25.7. The molecular formula is C22H28N4O7S. The minimum absolute atomic E-state index is 0.0431. The Bertz CT molecular complexity index is 1170. The van der Waals surface area contributed by atoms with E-state index in [1.807, 2.05) is 16.9 Å². The summed E-state index contributed by atoms with van der Waals surface area (Å²) in [5.41, 5.74) is 1.26. The van der Waals surface area contributed by atoms with Crippen LogP contribution in [0.25, 0.3) is 0 Å². The summed E-state index contributed by atoms with van der Waals surface area (Å²) in [4.78, 5) is 34.4. The number of esters is 1. The second-order valence-corrected chi connectivity index (χ2v) is 10.2. The van der Waals surface area contributed by atoms with Gasteiger partial charge in [0.2, 0.25) is 10.0 Å². The van der Waals surface area contributed by atoms with E-state index in [9.17, 15) is 28.1 Å². The van der Waals surface area contributed by atoms with Gasteiger partial charge in [0.05, 0.1) is 9.82 Å². The number of carbonyl (C=O) groups excluding carboxylic acids is 2. The zero-order valence-corrected chi connectivity index (χ0v) is 20.4. The van der Waals surface area contributed by atoms with Gasteiger partial charge in [0.1, 0.15) is 12.2 Å². The highest BCUT2D eigenvalue weighted by Crippen LogP contribution is 2.27. The Kier molecular flexibility index (Phi) is 8.35. The van der Waals surface area contributed by atoms with Crippen molar-refractivity contribution in [2.75, 3.05) is 24.2 Å². The summed E-state index contributed by atoms with van der Waals surface area (Å²) in [5.74, 6) is -1.58. The third-order valence-electron chi connectivity index (χ3n) is 4.85. The lowest BCUT2D eigenvalue weighted by Gasteiger charge is -2.19. The molecule has 0 fully saturated rings. The van der Waals surface area contributed by atoms with Gasteiger partial charge in [0.15, 0.2) is 6.10 Å². The highest BCUT2D eigenvalue weighted by molar-refractivity contribution is 7.89. The van der Waals surface area contributed by atoms with Gasteiger partial charge in [0.25, 0.3) is 11.6 Å². The second-order valence-electron chi connectivity index (χ2n) is 8.46. The van der Waals surface area contributed by atoms with Crippen molar-refractivity contribution in [2.45, 2.75) is 44.1 Å². The number of nitrogens with one attached hydrogen (secondary N) is 3. The maximum absolute atomic E-state index is 12.4. The predicted molar refractivity (Wildman–Crippen MR) is 127 cm³/mol. The van der Waals surface area contributed by atoms with Crippen LogP contribution < -0.4 is 15.4 Å². The van der Waals surface area contributed by atoms with Crippen LogP contribution in [0, 0.1) is 10.1 Å². The van der Waals surface area contributed by atoms with Gasteiger partial charge in [-0.15, -0.1) is 0 Å². The number of sulfonamides is 1. The van der Waals surface area contributed by atoms with Gasteiger partial charge < -0.3 is 15.4 Å². The van der Waals surface area contributed by atoms with Crippen LogP contribution >= 0.6 is 0 Å². The molecule has 0 aromatic heterocycles. The average Bonchev–Trinajstić information content (AvgIpc) is 2.76. The molecule has 0 spiro atoms. The fraction of sp³-hybridized carbons (Fsp3) is 0.364. The molecule has 0 saturated heterocycles. The standard InChI is InChI=1S/C22H28N4O7S/c1-14(21(28)25-16-8-6-15(7-9-16)22(2,3)4)33-20(27)13-24-34(31,32)17-10-11-18(23-5)19(12-17)26(29)30/h6-12,14,23-24H,13H2,1-5H3,(H,25,28). The van der Waals surface area contributed by atoms with Crippen LogP contribution in [0.3, 0.4) is 0 Å². The molecule has 0 heterocycles. The number of ether oxygens (including phenoxy) is 1. The number of carbonyl (C=O) groups is 2. The molecule has 12 heteroatoms. The molecule has 184 valence electrons. The number of nitro groups is 1. The Hall–Kier alpha value is -3.51. The second kappa shape index (κ2) is 10.6. The summed E-state index contributed by atoms with van der Waals surface area (Å²) < 4.78 is 31.9. The Morgan fingerprint density at radius 2 is 1.74 bits per heavy atom. The van der Waals surface area contributed by atoms with Crippen LogP contribution in [0.2, 0.25) is 0 Å². The number of hydrogen-bond acceptors (Lipinski definition) is 8. The first-order valence-electron chi connectivity index (χ1n) is 10.3. The van der Waals surface area contributed by atoms with E-state index in [1.165, 1.54) is 20.0 Å². The Labute approximate surface area is 198 Å². The van der Waals surface area contributed by atoms with Crippen LogP contribution in [0.4, 0.5) is 17.1 Å². The van der Waals surface area contributed by atoms with Gasteiger partial charge in [-0.1, -0.05) is 32.9 Å². The number of amides is 1. The van der Waals surface area contributed by atoms with Crippen LogP contribution in [0.1, 0.15) is 33.3 Å². The Balaban J connectivity index is 1.95. The van der Waals surface area contributed by atoms with E-state index < -0.39 is 50.1 Å². The van der Waals surface area contributed by atoms with Crippen LogP contribution in [0.15, 0.2) is 47.4 Å². The first kappa shape index (κ1) is 26.7. The number of rotatable bonds is 9. The van der Waals surface area contributed by atoms with Crippen molar-refractivity contribution >= 4 is 39.0 Å². The van der Waals surface area contributed by atoms with E-state index in [4.69, 9.17) is 4.74 Å². The quantitative estimate of drug-likeness (QED) is 0.274. The van der Waals surface area contributed by atoms with E-state index in [0.717, 1.165) is 17.7 Å². The minimum Gasteiger partial charge on any atom is -0.452 e. The summed E-state index contributed by atoms with van der Waals surface area (Å²) in [5, 5.41) is 16.4. The van der Waals surface area contributed by atoms with Gasteiger partial charge in [-0.3, -0.25) is 19.7 Å². The Morgan fingerprint density at radius 3 is 2.26 bits per heavy atom. The van der Waals surface area contributed by atoms with Crippen molar-refractivity contribution in [3.8, 4) is 0 Å². The summed E-state index contributed by atoms with van der Waals surface area (Å²) in [6.07, 6.45) is -1.18. The largest absolute Gasteiger partial charge is 0.452 e. The molecule has 1 atom stereocenters. The number of nitrogens with zero attached hydrogens (tertiary/aromatic N) is 1. The van der Waals surface area contributed by atoms with E-state index >= 15 is 0 Å². The maximum atomic E-state index is 12.4. The molecule has 3 N–H and O–H groups in total. The highest BCUT2D eigenvalue weighted by atomic mass is 32.2. The van der Waals surface area contributed by atoms with Gasteiger partial charge in [0, 0.05) is 18.8 Å². The third-order valence-corrected chi connectivity index (χ3v) is 6.25. The van der Waals surface area contributed by atoms with Crippen LogP contribution in [-0.2, 0) is 29.8 Å². The molecule has 2 aromatic carbocycles. The summed E-state index contributed by atoms with van der Waals surface area (Å²) in [6, 6.07) is 10.5. The topological polar surface area (TPSA) is 157 Å². The predicted octanol–water partition coefficient (Wildman–Crippen LogP) is 2.78. The smallest absolute Gasteiger partial charge is 0.321 e. The number of benzene rings is 2. The van der Waals surface area contributed by atoms with Crippen molar-refractivity contribution in [1.82, 2.24) is 4.72 Å². The summed E-state index contributed by atoms with van der Waals surface area (Å²) >= 11 is 0. The van der Waals surface area contributed by atoms with Gasteiger partial charge in [-0.05, 0) is 42.2 Å². The molecule has 0 aliphatic heterocycles. The lowest BCUT2D eigenvalue weighted by atomic mass is 9.87. The van der Waals surface area contributed by atoms with Gasteiger partial charge in [-0.25, -0.2) is 8.42 Å². The monoisotopic (exact) mass is 492 g/mol. The molecule has 0 aliphatic carbocycles. The first-order valence-corrected chi connectivity index (χ1v) is 11.8. The molecule has 34 heavy (non-hydrogen) atoms. The molecule has 2 aromatic rings. The van der Waals surface area contributed by atoms with Crippen molar-refractivity contribution in [3.05, 3.63) is 58.1 Å². The maximum Gasteiger partial charge on any atom is 0.321 e. The molecule has 0 saturated carbocycles. The summed E-state index contributed by atoms with van der Waals surface area (Å²) in [7, 11) is -2.78. The van der Waals surface area contributed by atoms with E-state index in [-0.39, 0.29) is 11.1 Å². The van der Waals surface area contributed by atoms with Crippen LogP contribution in [-0.4, -0.2) is 44.9 Å². The van der Waals surface area contributed by atoms with E-state index in [0.29, 0.717) is 5.69 Å². The molecule has 0 radical (unpaired) electrons. The van der Waals surface area contributed by atoms with Crippen molar-refractivity contribution in [1.29, 1.82) is 0 Å². The van der Waals surface area contributed by atoms with E-state index in [2.05, 4.69) is 31.4 Å². The minimum atomic E-state index is -4.24. The molecular weight excluding hydrogens is 464 g/mol. The SMILES string of the molecule is CNc1ccc(S(=O)(=O)NCC(=O)OC(C)C(=O)Nc2ccc(C(C)(C)C)cc2)cc1[N+](=O)[O-]. The molecule has 2 rings (SSSR count). The number of nitro benzene ring substituents is 1. The van der Waals surface area contributed by atoms with Crippen LogP contribution in [0.5, 0.6) is 0 Å². The fourth-order valence-corrected chi connectivity index (χ4v) is 3.86. The normalized spacial score (nSPS) is 12.5. The van der Waals surface area contributed by atoms with E-state index in [1.54, 1.807) is 12.1 Å². The molecule has 1 unspecified atom stereocenters. The average molecular weight is 493 g/mol. The molecule has 0 aliphatic rings. The van der Waals surface area contributed by atoms with Crippen molar-refractivity contribution in [2.24, 2.45) is 0 Å². The third kappa shape index (κ3) is 6.99. The fourth-order valence-electron chi connectivity index (χ4n) is 2.87. The lowest BCUT2D eigenvalue weighted by Crippen LogP contribution is -2.35. The van der Waals surface area contributed by atoms with Gasteiger partial charge >= 0.3 is 5.97 Å². The van der Waals surface area contributed by atoms with Crippen molar-refractivity contribution < 1.29 is 27.7 Å². The summed E-state index contributed by atoms with van der Waals surface area (Å²) in [6.45, 7) is 6.78. The number of anilines is 2. The molecule has 1 amide bonds. The molecule has 0 bridgehead atoms. The zero-order valence-electron chi connectivity index (χ0n) is 19.5. The first-order chi connectivity index (χ1) is 15.7. The molecule has 11 nitrogen and oxygen atoms in total. The number of hydrogen-bond donors (Lipinski definition) is 3. The van der Waals surface area contributed by atoms with Crippen molar-refractivity contribution in [3.63, 3.8) is 0 Å². The Morgan fingerprint density at radius 1 is 1.12 bits per heavy atom. The highest BCUT2D eigenvalue weighted by Gasteiger charge is 2.24. The van der Waals surface area contributed by atoms with Gasteiger partial charge in [-0.2, -0.15) is 4.72 Å².